The summed E-state index contributed by atoms with van der Waals surface area (Å²) in [6.07, 6.45) is 7.97. The van der Waals surface area contributed by atoms with Gasteiger partial charge in [0.15, 0.2) is 0 Å². The lowest BCUT2D eigenvalue weighted by Crippen LogP contribution is -2.33. The molecule has 0 unspecified atom stereocenters. The maximum Gasteiger partial charge on any atom is 0.272 e. The van der Waals surface area contributed by atoms with Gasteiger partial charge in [0, 0.05) is 42.5 Å². The highest BCUT2D eigenvalue weighted by atomic mass is 16.3. The summed E-state index contributed by atoms with van der Waals surface area (Å²) in [6, 6.07) is 7.28. The van der Waals surface area contributed by atoms with Crippen molar-refractivity contribution in [1.29, 1.82) is 0 Å². The first-order valence-electron chi connectivity index (χ1n) is 7.88. The minimum absolute atomic E-state index is 0.0405. The van der Waals surface area contributed by atoms with Crippen LogP contribution in [0.25, 0.3) is 11.3 Å². The molecular formula is C18H16N4O2. The van der Waals surface area contributed by atoms with Crippen molar-refractivity contribution in [3.8, 4) is 11.3 Å². The molecule has 6 heteroatoms. The molecule has 0 aliphatic carbocycles. The second kappa shape index (κ2) is 6.23. The molecule has 24 heavy (non-hydrogen) atoms. The number of rotatable bonds is 2. The van der Waals surface area contributed by atoms with E-state index in [1.165, 1.54) is 0 Å². The first kappa shape index (κ1) is 14.6. The lowest BCUT2D eigenvalue weighted by Gasteiger charge is -2.19. The number of pyridine rings is 1. The molecular weight excluding hydrogens is 304 g/mol. The van der Waals surface area contributed by atoms with Gasteiger partial charge in [-0.2, -0.15) is 0 Å². The monoisotopic (exact) mass is 320 g/mol. The standard InChI is InChI=1S/C18H16N4O2/c23-18(16-3-1-2-7-19-16)22-8-4-14-15(5-9-22)20-12-21-17(14)13-6-10-24-11-13/h1-3,6-7,10-12H,4-5,8-9H2. The number of carbonyl (C=O) groups is 1. The zero-order chi connectivity index (χ0) is 16.4. The van der Waals surface area contributed by atoms with Gasteiger partial charge in [-0.05, 0) is 24.6 Å². The van der Waals surface area contributed by atoms with Crippen molar-refractivity contribution >= 4 is 5.91 Å². The van der Waals surface area contributed by atoms with E-state index in [0.29, 0.717) is 25.2 Å². The first-order chi connectivity index (χ1) is 11.8. The fourth-order valence-electron chi connectivity index (χ4n) is 3.03. The molecule has 0 atom stereocenters. The Bertz CT molecular complexity index is 847. The van der Waals surface area contributed by atoms with Crippen LogP contribution in [0.3, 0.4) is 0 Å². The number of carbonyl (C=O) groups excluding carboxylic acids is 1. The van der Waals surface area contributed by atoms with Crippen LogP contribution in [0.4, 0.5) is 0 Å². The number of hydrogen-bond acceptors (Lipinski definition) is 5. The van der Waals surface area contributed by atoms with E-state index in [1.54, 1.807) is 31.1 Å². The van der Waals surface area contributed by atoms with Crippen molar-refractivity contribution in [3.63, 3.8) is 0 Å². The SMILES string of the molecule is O=C(c1ccccn1)N1CCc2ncnc(-c3ccoc3)c2CC1. The third-order valence-corrected chi connectivity index (χ3v) is 4.25. The fraction of sp³-hybridized carbons (Fsp3) is 0.222. The minimum atomic E-state index is -0.0405. The van der Waals surface area contributed by atoms with Crippen LogP contribution in [0.15, 0.2) is 53.7 Å². The molecule has 0 N–H and O–H groups in total. The molecule has 0 fully saturated rings. The predicted octanol–water partition coefficient (Wildman–Crippen LogP) is 2.37. The summed E-state index contributed by atoms with van der Waals surface area (Å²) in [5.41, 5.74) is 4.40. The van der Waals surface area contributed by atoms with Gasteiger partial charge in [0.2, 0.25) is 0 Å². The molecule has 0 bridgehead atoms. The molecule has 120 valence electrons. The summed E-state index contributed by atoms with van der Waals surface area (Å²) in [6.45, 7) is 1.25. The summed E-state index contributed by atoms with van der Waals surface area (Å²) >= 11 is 0. The Morgan fingerprint density at radius 3 is 2.79 bits per heavy atom. The Labute approximate surface area is 139 Å². The van der Waals surface area contributed by atoms with Crippen molar-refractivity contribution in [1.82, 2.24) is 19.9 Å². The molecule has 1 aliphatic heterocycles. The van der Waals surface area contributed by atoms with Crippen LogP contribution in [0.1, 0.15) is 21.7 Å². The average molecular weight is 320 g/mol. The third-order valence-electron chi connectivity index (χ3n) is 4.25. The molecule has 0 saturated carbocycles. The Morgan fingerprint density at radius 2 is 2.00 bits per heavy atom. The molecule has 4 heterocycles. The van der Waals surface area contributed by atoms with E-state index in [-0.39, 0.29) is 5.91 Å². The predicted molar refractivity (Wildman–Crippen MR) is 87.3 cm³/mol. The van der Waals surface area contributed by atoms with Crippen molar-refractivity contribution in [2.24, 2.45) is 0 Å². The van der Waals surface area contributed by atoms with Crippen molar-refractivity contribution < 1.29 is 9.21 Å². The van der Waals surface area contributed by atoms with E-state index in [4.69, 9.17) is 4.42 Å². The van der Waals surface area contributed by atoms with Crippen LogP contribution < -0.4 is 0 Å². The molecule has 0 aromatic carbocycles. The molecule has 1 aliphatic rings. The zero-order valence-corrected chi connectivity index (χ0v) is 13.1. The summed E-state index contributed by atoms with van der Waals surface area (Å²) in [5.74, 6) is -0.0405. The molecule has 3 aromatic rings. The first-order valence-corrected chi connectivity index (χ1v) is 7.88. The molecule has 1 amide bonds. The number of fused-ring (bicyclic) bond motifs is 1. The van der Waals surface area contributed by atoms with Crippen molar-refractivity contribution in [2.45, 2.75) is 12.8 Å². The van der Waals surface area contributed by atoms with Crippen molar-refractivity contribution in [2.75, 3.05) is 13.1 Å². The molecule has 0 spiro atoms. The maximum absolute atomic E-state index is 12.6. The Morgan fingerprint density at radius 1 is 1.08 bits per heavy atom. The van der Waals surface area contributed by atoms with Crippen LogP contribution in [-0.4, -0.2) is 38.8 Å². The Hall–Kier alpha value is -3.02. The fourth-order valence-corrected chi connectivity index (χ4v) is 3.03. The van der Waals surface area contributed by atoms with E-state index >= 15 is 0 Å². The van der Waals surface area contributed by atoms with Crippen LogP contribution in [0.5, 0.6) is 0 Å². The van der Waals surface area contributed by atoms with Crippen LogP contribution in [0.2, 0.25) is 0 Å². The Balaban J connectivity index is 1.61. The average Bonchev–Trinajstić information content (AvgIpc) is 3.08. The van der Waals surface area contributed by atoms with E-state index in [1.807, 2.05) is 23.1 Å². The second-order valence-corrected chi connectivity index (χ2v) is 5.67. The number of hydrogen-bond donors (Lipinski definition) is 0. The second-order valence-electron chi connectivity index (χ2n) is 5.67. The highest BCUT2D eigenvalue weighted by Crippen LogP contribution is 2.26. The quantitative estimate of drug-likeness (QED) is 0.725. The number of aromatic nitrogens is 3. The summed E-state index contributed by atoms with van der Waals surface area (Å²) in [5, 5.41) is 0. The molecule has 0 saturated heterocycles. The van der Waals surface area contributed by atoms with Gasteiger partial charge in [0.05, 0.1) is 18.2 Å². The summed E-state index contributed by atoms with van der Waals surface area (Å²) < 4.78 is 5.18. The van der Waals surface area contributed by atoms with Crippen LogP contribution in [0, 0.1) is 0 Å². The normalized spacial score (nSPS) is 14.1. The number of nitrogens with zero attached hydrogens (tertiary/aromatic N) is 4. The third kappa shape index (κ3) is 2.67. The van der Waals surface area contributed by atoms with E-state index < -0.39 is 0 Å². The molecule has 6 nitrogen and oxygen atoms in total. The highest BCUT2D eigenvalue weighted by molar-refractivity contribution is 5.92. The molecule has 0 radical (unpaired) electrons. The van der Waals surface area contributed by atoms with Gasteiger partial charge in [0.1, 0.15) is 12.0 Å². The highest BCUT2D eigenvalue weighted by Gasteiger charge is 2.23. The van der Waals surface area contributed by atoms with Gasteiger partial charge in [-0.3, -0.25) is 9.78 Å². The largest absolute Gasteiger partial charge is 0.472 e. The number of furan rings is 1. The topological polar surface area (TPSA) is 72.1 Å². The van der Waals surface area contributed by atoms with Gasteiger partial charge >= 0.3 is 0 Å². The molecule has 4 rings (SSSR count). The van der Waals surface area contributed by atoms with Gasteiger partial charge < -0.3 is 9.32 Å². The van der Waals surface area contributed by atoms with E-state index in [0.717, 1.165) is 28.9 Å². The minimum Gasteiger partial charge on any atom is -0.472 e. The zero-order valence-electron chi connectivity index (χ0n) is 13.1. The lowest BCUT2D eigenvalue weighted by molar-refractivity contribution is 0.0757. The maximum atomic E-state index is 12.6. The van der Waals surface area contributed by atoms with Gasteiger partial charge in [-0.15, -0.1) is 0 Å². The molecule has 3 aromatic heterocycles. The van der Waals surface area contributed by atoms with Crippen LogP contribution >= 0.6 is 0 Å². The van der Waals surface area contributed by atoms with Gasteiger partial charge in [-0.1, -0.05) is 6.07 Å². The Kier molecular flexibility index (Phi) is 3.78. The van der Waals surface area contributed by atoms with Crippen LogP contribution in [-0.2, 0) is 12.8 Å². The van der Waals surface area contributed by atoms with E-state index in [2.05, 4.69) is 15.0 Å². The smallest absolute Gasteiger partial charge is 0.272 e. The van der Waals surface area contributed by atoms with Gasteiger partial charge in [0.25, 0.3) is 5.91 Å². The summed E-state index contributed by atoms with van der Waals surface area (Å²) in [7, 11) is 0. The van der Waals surface area contributed by atoms with Gasteiger partial charge in [-0.25, -0.2) is 9.97 Å². The summed E-state index contributed by atoms with van der Waals surface area (Å²) in [4.78, 5) is 27.5. The number of amides is 1. The van der Waals surface area contributed by atoms with E-state index in [9.17, 15) is 4.79 Å². The lowest BCUT2D eigenvalue weighted by atomic mass is 10.0. The van der Waals surface area contributed by atoms with Crippen molar-refractivity contribution in [3.05, 3.63) is 66.3 Å².